The van der Waals surface area contributed by atoms with Crippen LogP contribution in [0.4, 0.5) is 5.69 Å². The Morgan fingerprint density at radius 3 is 2.05 bits per heavy atom. The Morgan fingerprint density at radius 2 is 1.54 bits per heavy atom. The van der Waals surface area contributed by atoms with Crippen LogP contribution in [0, 0.1) is 22.0 Å². The summed E-state index contributed by atoms with van der Waals surface area (Å²) in [6, 6.07) is 22.8. The van der Waals surface area contributed by atoms with Gasteiger partial charge in [-0.05, 0) is 48.9 Å². The molecular weight excluding hydrogens is 551 g/mol. The van der Waals surface area contributed by atoms with Crippen molar-refractivity contribution in [2.24, 2.45) is 11.8 Å². The van der Waals surface area contributed by atoms with Gasteiger partial charge in [-0.1, -0.05) is 43.3 Å². The predicted molar refractivity (Wildman–Crippen MR) is 147 cm³/mol. The molecule has 12 heteroatoms. The third kappa shape index (κ3) is 5.86. The van der Waals surface area contributed by atoms with Crippen molar-refractivity contribution in [1.82, 2.24) is 4.90 Å². The third-order valence-electron chi connectivity index (χ3n) is 6.84. The van der Waals surface area contributed by atoms with E-state index in [-0.39, 0.29) is 23.8 Å². The van der Waals surface area contributed by atoms with Gasteiger partial charge in [-0.2, -0.15) is 0 Å². The molecule has 3 aromatic carbocycles. The fourth-order valence-electron chi connectivity index (χ4n) is 4.83. The zero-order valence-corrected chi connectivity index (χ0v) is 23.0. The van der Waals surface area contributed by atoms with Crippen molar-refractivity contribution in [3.8, 4) is 11.5 Å². The van der Waals surface area contributed by atoms with E-state index in [0.29, 0.717) is 17.1 Å². The molecule has 2 aliphatic heterocycles. The van der Waals surface area contributed by atoms with Crippen molar-refractivity contribution >= 4 is 26.2 Å². The van der Waals surface area contributed by atoms with Gasteiger partial charge in [-0.3, -0.25) is 19.8 Å². The number of carbonyl (C=O) groups is 2. The van der Waals surface area contributed by atoms with Crippen LogP contribution in [0.2, 0.25) is 0 Å². The van der Waals surface area contributed by atoms with Crippen LogP contribution >= 0.6 is 8.60 Å². The number of esters is 1. The molecule has 212 valence electrons. The average molecular weight is 579 g/mol. The van der Waals surface area contributed by atoms with Crippen LogP contribution in [0.25, 0.3) is 0 Å². The molecule has 41 heavy (non-hydrogen) atoms. The van der Waals surface area contributed by atoms with E-state index in [1.165, 1.54) is 36.1 Å². The summed E-state index contributed by atoms with van der Waals surface area (Å²) in [5, 5.41) is 21.2. The second kappa shape index (κ2) is 12.0. The lowest BCUT2D eigenvalue weighted by molar-refractivity contribution is -0.384. The number of carbonyl (C=O) groups excluding carboxylic acids is 2. The summed E-state index contributed by atoms with van der Waals surface area (Å²) in [6.45, 7) is 3.14. The second-order valence-electron chi connectivity index (χ2n) is 9.59. The maximum Gasteiger partial charge on any atom is 0.530 e. The highest BCUT2D eigenvalue weighted by molar-refractivity contribution is 7.42. The lowest BCUT2D eigenvalue weighted by Crippen LogP contribution is -2.63. The van der Waals surface area contributed by atoms with Gasteiger partial charge in [0.2, 0.25) is 5.91 Å². The Morgan fingerprint density at radius 1 is 0.976 bits per heavy atom. The number of fused-ring (bicyclic) bond motifs is 1. The molecule has 1 amide bonds. The SMILES string of the molecule is C[C@@H](O)[C@H]1C(=O)N2C(C(=O)OCc3ccc([N+](=O)[O-])cc3)=C(OP(Oc3ccccc3)Oc3ccccc3)[C@H](C)[C@H]12. The number of ether oxygens (including phenoxy) is 1. The lowest BCUT2D eigenvalue weighted by atomic mass is 9.79. The van der Waals surface area contributed by atoms with Crippen molar-refractivity contribution < 1.29 is 37.9 Å². The number of rotatable bonds is 11. The minimum Gasteiger partial charge on any atom is -0.456 e. The third-order valence-corrected chi connectivity index (χ3v) is 7.90. The number of nitro groups is 1. The molecule has 4 atom stereocenters. The molecule has 0 radical (unpaired) electrons. The Labute approximate surface area is 237 Å². The molecule has 0 aromatic heterocycles. The maximum absolute atomic E-state index is 13.5. The Bertz CT molecular complexity index is 1410. The van der Waals surface area contributed by atoms with Gasteiger partial charge in [0.25, 0.3) is 5.69 Å². The largest absolute Gasteiger partial charge is 0.530 e. The molecule has 0 spiro atoms. The predicted octanol–water partition coefficient (Wildman–Crippen LogP) is 5.11. The monoisotopic (exact) mass is 578 g/mol. The van der Waals surface area contributed by atoms with E-state index in [0.717, 1.165) is 0 Å². The van der Waals surface area contributed by atoms with Gasteiger partial charge in [0.05, 0.1) is 23.0 Å². The highest BCUT2D eigenvalue weighted by Gasteiger charge is 2.61. The number of aliphatic hydroxyl groups excluding tert-OH is 1. The minimum absolute atomic E-state index is 0.0906. The van der Waals surface area contributed by atoms with E-state index >= 15 is 0 Å². The number of nitrogens with zero attached hydrogens (tertiary/aromatic N) is 2. The molecule has 0 aliphatic carbocycles. The number of nitro benzene ring substituents is 1. The van der Waals surface area contributed by atoms with E-state index in [1.807, 2.05) is 12.1 Å². The molecule has 1 N–H and O–H groups in total. The number of amides is 1. The fourth-order valence-corrected chi connectivity index (χ4v) is 5.95. The molecule has 5 rings (SSSR count). The number of hydrogen-bond donors (Lipinski definition) is 1. The molecule has 1 fully saturated rings. The molecule has 2 aliphatic rings. The second-order valence-corrected chi connectivity index (χ2v) is 10.6. The van der Waals surface area contributed by atoms with Crippen LogP contribution < -0.4 is 9.05 Å². The first-order chi connectivity index (χ1) is 19.7. The quantitative estimate of drug-likeness (QED) is 0.108. The van der Waals surface area contributed by atoms with Gasteiger partial charge in [0.1, 0.15) is 23.9 Å². The number of aliphatic hydroxyl groups is 1. The summed E-state index contributed by atoms with van der Waals surface area (Å²) in [4.78, 5) is 38.3. The van der Waals surface area contributed by atoms with Gasteiger partial charge < -0.3 is 23.4 Å². The Balaban J connectivity index is 1.44. The van der Waals surface area contributed by atoms with Crippen molar-refractivity contribution in [2.75, 3.05) is 0 Å². The van der Waals surface area contributed by atoms with Crippen molar-refractivity contribution in [2.45, 2.75) is 32.6 Å². The summed E-state index contributed by atoms with van der Waals surface area (Å²) in [7, 11) is -2.15. The zero-order valence-electron chi connectivity index (χ0n) is 22.2. The topological polar surface area (TPSA) is 138 Å². The van der Waals surface area contributed by atoms with Crippen molar-refractivity contribution in [1.29, 1.82) is 0 Å². The lowest BCUT2D eigenvalue weighted by Gasteiger charge is -2.46. The van der Waals surface area contributed by atoms with E-state index in [9.17, 15) is 24.8 Å². The van der Waals surface area contributed by atoms with E-state index < -0.39 is 49.4 Å². The standard InChI is InChI=1S/C29H27N2O9P/c1-18-25-24(19(2)32)28(33)30(25)26(29(34)37-17-20-13-15-21(16-14-20)31(35)36)27(18)40-41(38-22-9-5-3-6-10-22)39-23-11-7-4-8-12-23/h3-16,18-19,24-25,32H,17H2,1-2H3/t18-,19-,24-,25-/m1/s1. The van der Waals surface area contributed by atoms with Crippen LogP contribution in [-0.4, -0.2) is 39.0 Å². The summed E-state index contributed by atoms with van der Waals surface area (Å²) < 4.78 is 23.9. The number of para-hydroxylation sites is 2. The smallest absolute Gasteiger partial charge is 0.456 e. The molecule has 2 heterocycles. The normalized spacial score (nSPS) is 20.2. The Hall–Kier alpha value is -4.47. The van der Waals surface area contributed by atoms with E-state index in [4.69, 9.17) is 18.3 Å². The van der Waals surface area contributed by atoms with Gasteiger partial charge in [-0.25, -0.2) is 4.79 Å². The average Bonchev–Trinajstić information content (AvgIpc) is 3.20. The van der Waals surface area contributed by atoms with Gasteiger partial charge in [0.15, 0.2) is 5.70 Å². The van der Waals surface area contributed by atoms with Crippen LogP contribution in [0.15, 0.2) is 96.4 Å². The summed E-state index contributed by atoms with van der Waals surface area (Å²) in [5.41, 5.74) is 0.340. The molecule has 0 bridgehead atoms. The molecule has 0 unspecified atom stereocenters. The summed E-state index contributed by atoms with van der Waals surface area (Å²) in [5.74, 6) is -1.35. The molecular formula is C29H27N2O9P. The molecule has 1 saturated heterocycles. The van der Waals surface area contributed by atoms with E-state index in [1.54, 1.807) is 55.5 Å². The molecule has 11 nitrogen and oxygen atoms in total. The van der Waals surface area contributed by atoms with Crippen LogP contribution in [0.5, 0.6) is 11.5 Å². The van der Waals surface area contributed by atoms with E-state index in [2.05, 4.69) is 0 Å². The zero-order chi connectivity index (χ0) is 29.1. The first-order valence-electron chi connectivity index (χ1n) is 12.8. The number of β-lactam (4-membered cyclic amide) rings is 1. The maximum atomic E-state index is 13.5. The van der Waals surface area contributed by atoms with Gasteiger partial charge >= 0.3 is 14.6 Å². The Kier molecular flexibility index (Phi) is 8.19. The molecule has 3 aromatic rings. The number of benzene rings is 3. The van der Waals surface area contributed by atoms with Crippen LogP contribution in [-0.2, 0) is 25.5 Å². The van der Waals surface area contributed by atoms with Crippen LogP contribution in [0.3, 0.4) is 0 Å². The van der Waals surface area contributed by atoms with Crippen LogP contribution in [0.1, 0.15) is 19.4 Å². The fraction of sp³-hybridized carbons (Fsp3) is 0.241. The summed E-state index contributed by atoms with van der Waals surface area (Å²) in [6.07, 6.45) is -0.939. The van der Waals surface area contributed by atoms with Gasteiger partial charge in [0, 0.05) is 18.1 Å². The molecule has 0 saturated carbocycles. The minimum atomic E-state index is -2.15. The number of non-ortho nitro benzene ring substituents is 1. The highest BCUT2D eigenvalue weighted by atomic mass is 31.2. The first-order valence-corrected chi connectivity index (χ1v) is 13.9. The number of hydrogen-bond acceptors (Lipinski definition) is 9. The highest BCUT2D eigenvalue weighted by Crippen LogP contribution is 2.53. The first kappa shape index (κ1) is 28.1. The van der Waals surface area contributed by atoms with Gasteiger partial charge in [-0.15, -0.1) is 0 Å². The van der Waals surface area contributed by atoms with Crippen molar-refractivity contribution in [3.05, 3.63) is 112 Å². The van der Waals surface area contributed by atoms with Crippen molar-refractivity contribution in [3.63, 3.8) is 0 Å². The summed E-state index contributed by atoms with van der Waals surface area (Å²) >= 11 is 0.